The van der Waals surface area contributed by atoms with Gasteiger partial charge in [0, 0.05) is 0 Å². The van der Waals surface area contributed by atoms with E-state index in [0.29, 0.717) is 0 Å². The molecule has 31 heavy (non-hydrogen) atoms. The van der Waals surface area contributed by atoms with Crippen molar-refractivity contribution < 1.29 is 44.9 Å². The lowest BCUT2D eigenvalue weighted by molar-refractivity contribution is -0.231. The van der Waals surface area contributed by atoms with Crippen molar-refractivity contribution in [2.45, 2.75) is 30.5 Å². The lowest BCUT2D eigenvalue weighted by Crippen LogP contribution is -2.55. The number of hydrogen-bond acceptors (Lipinski definition) is 10. The maximum Gasteiger partial charge on any atom is 0.200 e. The molecule has 0 aliphatic carbocycles. The number of phenols is 3. The number of phenolic OH excluding ortho intramolecular Hbond substituents is 3. The Balaban J connectivity index is 1.88. The van der Waals surface area contributed by atoms with E-state index in [4.69, 9.17) is 9.15 Å². The van der Waals surface area contributed by atoms with E-state index in [2.05, 4.69) is 0 Å². The predicted molar refractivity (Wildman–Crippen MR) is 106 cm³/mol. The number of hydrogen-bond donors (Lipinski definition) is 7. The third-order valence-corrected chi connectivity index (χ3v) is 5.42. The van der Waals surface area contributed by atoms with Crippen LogP contribution in [0.1, 0.15) is 11.7 Å². The van der Waals surface area contributed by atoms with Gasteiger partial charge in [-0.25, -0.2) is 0 Å². The molecule has 3 aromatic rings. The molecule has 0 amide bonds. The third kappa shape index (κ3) is 3.40. The Morgan fingerprint density at radius 1 is 0.871 bits per heavy atom. The molecule has 5 unspecified atom stereocenters. The Bertz CT molecular complexity index is 1180. The van der Waals surface area contributed by atoms with Crippen molar-refractivity contribution in [1.29, 1.82) is 0 Å². The summed E-state index contributed by atoms with van der Waals surface area (Å²) in [7, 11) is 0. The Morgan fingerprint density at radius 3 is 2.26 bits per heavy atom. The SMILES string of the molecule is O=c1c(-c2ccc(O)c(O)c2)coc2c(C3OC(CO)C(O)C(O)C3O)c(O)ccc12. The van der Waals surface area contributed by atoms with E-state index < -0.39 is 54.1 Å². The van der Waals surface area contributed by atoms with Gasteiger partial charge >= 0.3 is 0 Å². The first-order valence-corrected chi connectivity index (χ1v) is 9.34. The highest BCUT2D eigenvalue weighted by Crippen LogP contribution is 2.40. The van der Waals surface area contributed by atoms with Gasteiger partial charge in [-0.2, -0.15) is 0 Å². The highest BCUT2D eigenvalue weighted by Gasteiger charge is 2.45. The Kier molecular flexibility index (Phi) is 5.33. The minimum atomic E-state index is -1.69. The molecule has 1 aromatic heterocycles. The van der Waals surface area contributed by atoms with Gasteiger partial charge in [-0.05, 0) is 29.8 Å². The molecule has 1 saturated heterocycles. The average Bonchev–Trinajstić information content (AvgIpc) is 2.75. The number of aromatic hydroxyl groups is 3. The third-order valence-electron chi connectivity index (χ3n) is 5.42. The van der Waals surface area contributed by atoms with Crippen LogP contribution in [0.25, 0.3) is 22.1 Å². The van der Waals surface area contributed by atoms with E-state index >= 15 is 0 Å². The van der Waals surface area contributed by atoms with Crippen molar-refractivity contribution in [3.8, 4) is 28.4 Å². The number of rotatable bonds is 3. The van der Waals surface area contributed by atoms with Gasteiger partial charge in [0.2, 0.25) is 5.43 Å². The molecule has 0 spiro atoms. The monoisotopic (exact) mass is 432 g/mol. The molecule has 4 rings (SSSR count). The number of fused-ring (bicyclic) bond motifs is 1. The largest absolute Gasteiger partial charge is 0.507 e. The highest BCUT2D eigenvalue weighted by molar-refractivity contribution is 5.86. The van der Waals surface area contributed by atoms with Crippen LogP contribution in [0.2, 0.25) is 0 Å². The molecule has 0 radical (unpaired) electrons. The molecule has 1 fully saturated rings. The smallest absolute Gasteiger partial charge is 0.200 e. The van der Waals surface area contributed by atoms with Gasteiger partial charge in [0.1, 0.15) is 48.1 Å². The number of benzene rings is 2. The van der Waals surface area contributed by atoms with E-state index in [9.17, 15) is 40.5 Å². The standard InChI is InChI=1S/C21H20O10/c22-6-14-17(27)18(28)19(29)21(31-14)15-12(24)4-2-9-16(26)10(7-30-20(9)15)8-1-3-11(23)13(25)5-8/h1-5,7,14,17-19,21-25,27-29H,6H2. The van der Waals surface area contributed by atoms with Crippen LogP contribution in [0.3, 0.4) is 0 Å². The molecule has 2 heterocycles. The van der Waals surface area contributed by atoms with Crippen molar-refractivity contribution in [1.82, 2.24) is 0 Å². The molecule has 0 bridgehead atoms. The summed E-state index contributed by atoms with van der Waals surface area (Å²) in [4.78, 5) is 13.1. The molecule has 7 N–H and O–H groups in total. The topological polar surface area (TPSA) is 181 Å². The molecule has 1 aliphatic rings. The number of aliphatic hydroxyl groups is 4. The minimum absolute atomic E-state index is 0.00910. The van der Waals surface area contributed by atoms with Crippen LogP contribution < -0.4 is 5.43 Å². The van der Waals surface area contributed by atoms with E-state index in [-0.39, 0.29) is 33.4 Å². The van der Waals surface area contributed by atoms with Crippen LogP contribution in [0.4, 0.5) is 0 Å². The molecule has 5 atom stereocenters. The summed E-state index contributed by atoms with van der Waals surface area (Å²) >= 11 is 0. The predicted octanol–water partition coefficient (Wildman–Crippen LogP) is 0.0917. The number of aliphatic hydroxyl groups excluding tert-OH is 4. The quantitative estimate of drug-likeness (QED) is 0.280. The Labute approximate surface area is 174 Å². The lowest BCUT2D eigenvalue weighted by Gasteiger charge is -2.40. The van der Waals surface area contributed by atoms with Crippen LogP contribution in [0, 0.1) is 0 Å². The van der Waals surface area contributed by atoms with Crippen molar-refractivity contribution in [2.75, 3.05) is 6.61 Å². The fourth-order valence-electron chi connectivity index (χ4n) is 3.72. The molecule has 10 heteroatoms. The zero-order valence-corrected chi connectivity index (χ0v) is 15.9. The van der Waals surface area contributed by atoms with Crippen molar-refractivity contribution in [3.63, 3.8) is 0 Å². The molecule has 10 nitrogen and oxygen atoms in total. The van der Waals surface area contributed by atoms with Crippen LogP contribution >= 0.6 is 0 Å². The van der Waals surface area contributed by atoms with Gasteiger partial charge in [0.15, 0.2) is 11.5 Å². The second-order valence-corrected chi connectivity index (χ2v) is 7.31. The van der Waals surface area contributed by atoms with Gasteiger partial charge in [-0.15, -0.1) is 0 Å². The first-order chi connectivity index (χ1) is 14.7. The molecule has 0 saturated carbocycles. The van der Waals surface area contributed by atoms with E-state index in [1.807, 2.05) is 0 Å². The fourth-order valence-corrected chi connectivity index (χ4v) is 3.72. The maximum atomic E-state index is 13.1. The van der Waals surface area contributed by atoms with Gasteiger partial charge in [0.25, 0.3) is 0 Å². The summed E-state index contributed by atoms with van der Waals surface area (Å²) in [5.74, 6) is -1.18. The number of ether oxygens (including phenoxy) is 1. The zero-order valence-electron chi connectivity index (χ0n) is 15.9. The second kappa shape index (κ2) is 7.84. The first-order valence-electron chi connectivity index (χ1n) is 9.34. The van der Waals surface area contributed by atoms with Crippen molar-refractivity contribution in [3.05, 3.63) is 52.4 Å². The summed E-state index contributed by atoms with van der Waals surface area (Å²) in [6.45, 7) is -0.661. The first kappa shape index (κ1) is 21.1. The molecular formula is C21H20O10. The van der Waals surface area contributed by atoms with Gasteiger partial charge in [0.05, 0.1) is 23.1 Å². The molecule has 164 valence electrons. The van der Waals surface area contributed by atoms with Crippen molar-refractivity contribution >= 4 is 11.0 Å². The summed E-state index contributed by atoms with van der Waals surface area (Å²) in [5, 5.41) is 69.5. The van der Waals surface area contributed by atoms with Crippen molar-refractivity contribution in [2.24, 2.45) is 0 Å². The second-order valence-electron chi connectivity index (χ2n) is 7.31. The molecule has 1 aliphatic heterocycles. The van der Waals surface area contributed by atoms with Crippen LogP contribution in [-0.2, 0) is 4.74 Å². The summed E-state index contributed by atoms with van der Waals surface area (Å²) < 4.78 is 11.1. The minimum Gasteiger partial charge on any atom is -0.507 e. The zero-order chi connectivity index (χ0) is 22.4. The highest BCUT2D eigenvalue weighted by atomic mass is 16.5. The summed E-state index contributed by atoms with van der Waals surface area (Å²) in [6, 6.07) is 6.30. The maximum absolute atomic E-state index is 13.1. The average molecular weight is 432 g/mol. The Morgan fingerprint density at radius 2 is 1.58 bits per heavy atom. The van der Waals surface area contributed by atoms with E-state index in [0.717, 1.165) is 6.26 Å². The van der Waals surface area contributed by atoms with Crippen LogP contribution in [0.15, 0.2) is 45.8 Å². The van der Waals surface area contributed by atoms with Crippen LogP contribution in [-0.4, -0.2) is 66.8 Å². The molecule has 2 aromatic carbocycles. The van der Waals surface area contributed by atoms with Gasteiger partial charge in [-0.3, -0.25) is 4.79 Å². The summed E-state index contributed by atoms with van der Waals surface area (Å²) in [6.07, 6.45) is -6.50. The fraction of sp³-hybridized carbons (Fsp3) is 0.286. The van der Waals surface area contributed by atoms with Gasteiger partial charge in [-0.1, -0.05) is 6.07 Å². The summed E-state index contributed by atoms with van der Waals surface area (Å²) in [5.41, 5.74) is -0.452. The van der Waals surface area contributed by atoms with Gasteiger partial charge < -0.3 is 44.9 Å². The molecular weight excluding hydrogens is 412 g/mol. The normalized spacial score (nSPS) is 26.3. The lowest BCUT2D eigenvalue weighted by atomic mass is 9.89. The van der Waals surface area contributed by atoms with E-state index in [1.54, 1.807) is 0 Å². The van der Waals surface area contributed by atoms with E-state index in [1.165, 1.54) is 30.3 Å². The Hall–Kier alpha value is -3.15. The van der Waals surface area contributed by atoms with Crippen LogP contribution in [0.5, 0.6) is 17.2 Å².